The number of nitrogens with two attached hydrogens (primary N) is 1. The number of nitrogen functional groups attached to an aromatic ring is 1. The van der Waals surface area contributed by atoms with E-state index in [0.29, 0.717) is 17.2 Å². The summed E-state index contributed by atoms with van der Waals surface area (Å²) in [6.45, 7) is 4.06. The van der Waals surface area contributed by atoms with Gasteiger partial charge in [0.15, 0.2) is 0 Å². The van der Waals surface area contributed by atoms with Gasteiger partial charge >= 0.3 is 5.97 Å². The Morgan fingerprint density at radius 1 is 1.62 bits per heavy atom. The van der Waals surface area contributed by atoms with Crippen LogP contribution in [0, 0.1) is 6.92 Å². The molecule has 4 nitrogen and oxygen atoms in total. The first-order valence-corrected chi connectivity index (χ1v) is 5.77. The highest BCUT2D eigenvalue weighted by atomic mass is 32.1. The van der Waals surface area contributed by atoms with Gasteiger partial charge in [-0.25, -0.2) is 9.78 Å². The molecule has 0 saturated heterocycles. The van der Waals surface area contributed by atoms with Gasteiger partial charge in [0.2, 0.25) is 0 Å². The number of aryl methyl sites for hydroxylation is 1. The minimum Gasteiger partial charge on any atom is -0.462 e. The van der Waals surface area contributed by atoms with Gasteiger partial charge in [0.05, 0.1) is 12.3 Å². The maximum atomic E-state index is 11.6. The molecule has 2 N–H and O–H groups in total. The molecule has 0 aliphatic heterocycles. The van der Waals surface area contributed by atoms with Gasteiger partial charge in [0.25, 0.3) is 0 Å². The summed E-state index contributed by atoms with van der Waals surface area (Å²) in [6, 6.07) is 1.88. The minimum absolute atomic E-state index is 0.346. The zero-order chi connectivity index (χ0) is 11.7. The van der Waals surface area contributed by atoms with Gasteiger partial charge in [-0.3, -0.25) is 0 Å². The Balaban J connectivity index is 2.61. The van der Waals surface area contributed by atoms with Crippen LogP contribution in [0.25, 0.3) is 10.2 Å². The normalized spacial score (nSPS) is 10.6. The molecule has 0 spiro atoms. The van der Waals surface area contributed by atoms with E-state index in [-0.39, 0.29) is 5.97 Å². The number of fused-ring (bicyclic) bond motifs is 1. The van der Waals surface area contributed by atoms with Crippen molar-refractivity contribution in [3.63, 3.8) is 0 Å². The van der Waals surface area contributed by atoms with Gasteiger partial charge in [-0.1, -0.05) is 0 Å². The molecular weight excluding hydrogens is 224 g/mol. The second-order valence-corrected chi connectivity index (χ2v) is 4.37. The van der Waals surface area contributed by atoms with Crippen molar-refractivity contribution in [1.82, 2.24) is 4.98 Å². The molecule has 2 aromatic rings. The summed E-state index contributed by atoms with van der Waals surface area (Å²) in [5.74, 6) is -0.373. The molecule has 2 aromatic heterocycles. The van der Waals surface area contributed by atoms with Crippen LogP contribution >= 0.6 is 11.3 Å². The monoisotopic (exact) mass is 236 g/mol. The predicted molar refractivity (Wildman–Crippen MR) is 64.7 cm³/mol. The molecule has 0 aliphatic carbocycles. The highest BCUT2D eigenvalue weighted by molar-refractivity contribution is 7.21. The van der Waals surface area contributed by atoms with Crippen LogP contribution in [0.4, 0.5) is 5.69 Å². The van der Waals surface area contributed by atoms with E-state index < -0.39 is 0 Å². The number of esters is 1. The number of rotatable bonds is 2. The van der Waals surface area contributed by atoms with Gasteiger partial charge in [-0.05, 0) is 25.5 Å². The molecule has 84 valence electrons. The Morgan fingerprint density at radius 3 is 3.00 bits per heavy atom. The fourth-order valence-electron chi connectivity index (χ4n) is 1.55. The largest absolute Gasteiger partial charge is 0.462 e. The topological polar surface area (TPSA) is 65.2 Å². The van der Waals surface area contributed by atoms with Crippen molar-refractivity contribution in [2.24, 2.45) is 0 Å². The molecule has 0 radical (unpaired) electrons. The predicted octanol–water partition coefficient (Wildman–Crippen LogP) is 2.36. The summed E-state index contributed by atoms with van der Waals surface area (Å²) in [5.41, 5.74) is 7.44. The van der Waals surface area contributed by atoms with Crippen molar-refractivity contribution in [2.45, 2.75) is 13.8 Å². The smallest absolute Gasteiger partial charge is 0.350 e. The molecule has 0 amide bonds. The summed E-state index contributed by atoms with van der Waals surface area (Å²) < 4.78 is 4.94. The fourth-order valence-corrected chi connectivity index (χ4v) is 2.59. The van der Waals surface area contributed by atoms with E-state index in [9.17, 15) is 4.79 Å². The van der Waals surface area contributed by atoms with Crippen LogP contribution in [-0.4, -0.2) is 17.6 Å². The van der Waals surface area contributed by atoms with Crippen LogP contribution in [-0.2, 0) is 4.74 Å². The highest BCUT2D eigenvalue weighted by Gasteiger charge is 2.18. The van der Waals surface area contributed by atoms with Crippen LogP contribution in [0.1, 0.15) is 22.2 Å². The van der Waals surface area contributed by atoms with Crippen LogP contribution in [0.15, 0.2) is 12.3 Å². The number of carbonyl (C=O) groups is 1. The van der Waals surface area contributed by atoms with Gasteiger partial charge < -0.3 is 10.5 Å². The lowest BCUT2D eigenvalue weighted by molar-refractivity contribution is 0.0533. The maximum absolute atomic E-state index is 11.6. The van der Waals surface area contributed by atoms with E-state index in [4.69, 9.17) is 10.5 Å². The first-order chi connectivity index (χ1) is 7.65. The summed E-state index contributed by atoms with van der Waals surface area (Å²) in [5, 5.41) is 0.857. The first-order valence-electron chi connectivity index (χ1n) is 4.95. The van der Waals surface area contributed by atoms with Gasteiger partial charge in [-0.2, -0.15) is 0 Å². The Hall–Kier alpha value is -1.62. The average Bonchev–Trinajstić information content (AvgIpc) is 2.58. The highest BCUT2D eigenvalue weighted by Crippen LogP contribution is 2.34. The lowest BCUT2D eigenvalue weighted by Crippen LogP contribution is -2.04. The molecule has 2 rings (SSSR count). The molecule has 0 aliphatic rings. The molecule has 0 bridgehead atoms. The van der Waals surface area contributed by atoms with E-state index >= 15 is 0 Å². The summed E-state index contributed by atoms with van der Waals surface area (Å²) in [4.78, 5) is 17.0. The molecule has 2 heterocycles. The second-order valence-electron chi connectivity index (χ2n) is 3.37. The van der Waals surface area contributed by atoms with Crippen molar-refractivity contribution in [3.8, 4) is 0 Å². The molecule has 16 heavy (non-hydrogen) atoms. The second kappa shape index (κ2) is 4.09. The molecule has 5 heteroatoms. The molecule has 0 unspecified atom stereocenters. The minimum atomic E-state index is -0.373. The van der Waals surface area contributed by atoms with E-state index in [1.165, 1.54) is 11.3 Å². The van der Waals surface area contributed by atoms with Gasteiger partial charge in [0, 0.05) is 11.6 Å². The first kappa shape index (κ1) is 10.9. The standard InChI is InChI=1S/C11H12N2O2S/c1-3-15-11(14)9-8(12)7-6(2)4-5-13-10(7)16-9/h4-5H,3,12H2,1-2H3. The number of carbonyl (C=O) groups excluding carboxylic acids is 1. The number of thiophene rings is 1. The number of hydrogen-bond acceptors (Lipinski definition) is 5. The van der Waals surface area contributed by atoms with Crippen molar-refractivity contribution >= 4 is 33.2 Å². The average molecular weight is 236 g/mol. The molecule has 0 aromatic carbocycles. The third kappa shape index (κ3) is 1.63. The Labute approximate surface area is 97.0 Å². The van der Waals surface area contributed by atoms with E-state index in [0.717, 1.165) is 15.8 Å². The molecule has 0 fully saturated rings. The molecule has 0 atom stereocenters. The third-order valence-corrected chi connectivity index (χ3v) is 3.39. The van der Waals surface area contributed by atoms with Crippen molar-refractivity contribution in [1.29, 1.82) is 0 Å². The van der Waals surface area contributed by atoms with Gasteiger partial charge in [0.1, 0.15) is 9.71 Å². The third-order valence-electron chi connectivity index (χ3n) is 2.30. The number of aromatic nitrogens is 1. The fraction of sp³-hybridized carbons (Fsp3) is 0.273. The van der Waals surface area contributed by atoms with Gasteiger partial charge in [-0.15, -0.1) is 11.3 Å². The van der Waals surface area contributed by atoms with Crippen LogP contribution in [0.3, 0.4) is 0 Å². The zero-order valence-corrected chi connectivity index (χ0v) is 9.93. The summed E-state index contributed by atoms with van der Waals surface area (Å²) in [6.07, 6.45) is 1.71. The number of hydrogen-bond donors (Lipinski definition) is 1. The van der Waals surface area contributed by atoms with Crippen molar-refractivity contribution < 1.29 is 9.53 Å². The van der Waals surface area contributed by atoms with E-state index in [1.54, 1.807) is 13.1 Å². The number of nitrogens with zero attached hydrogens (tertiary/aromatic N) is 1. The quantitative estimate of drug-likeness (QED) is 0.813. The van der Waals surface area contributed by atoms with Crippen LogP contribution < -0.4 is 5.73 Å². The maximum Gasteiger partial charge on any atom is 0.350 e. The summed E-state index contributed by atoms with van der Waals surface area (Å²) >= 11 is 1.28. The molecule has 0 saturated carbocycles. The summed E-state index contributed by atoms with van der Waals surface area (Å²) in [7, 11) is 0. The Kier molecular flexibility index (Phi) is 2.78. The molecular formula is C11H12N2O2S. The number of anilines is 1. The SMILES string of the molecule is CCOC(=O)c1sc2nccc(C)c2c1N. The lowest BCUT2D eigenvalue weighted by atomic mass is 10.2. The Morgan fingerprint density at radius 2 is 2.38 bits per heavy atom. The Bertz CT molecular complexity index is 548. The number of pyridine rings is 1. The van der Waals surface area contributed by atoms with Crippen molar-refractivity contribution in [2.75, 3.05) is 12.3 Å². The van der Waals surface area contributed by atoms with E-state index in [1.807, 2.05) is 13.0 Å². The van der Waals surface area contributed by atoms with Crippen LogP contribution in [0.5, 0.6) is 0 Å². The van der Waals surface area contributed by atoms with E-state index in [2.05, 4.69) is 4.98 Å². The lowest BCUT2D eigenvalue weighted by Gasteiger charge is -1.99. The van der Waals surface area contributed by atoms with Crippen LogP contribution in [0.2, 0.25) is 0 Å². The zero-order valence-electron chi connectivity index (χ0n) is 9.11. The van der Waals surface area contributed by atoms with Crippen molar-refractivity contribution in [3.05, 3.63) is 22.7 Å². The number of ether oxygens (including phenoxy) is 1.